The number of aromatic nitrogens is 3. The fourth-order valence-corrected chi connectivity index (χ4v) is 6.10. The van der Waals surface area contributed by atoms with Crippen LogP contribution in [0, 0.1) is 6.92 Å². The average Bonchev–Trinajstić information content (AvgIpc) is 3.63. The first-order valence-electron chi connectivity index (χ1n) is 14.9. The third-order valence-corrected chi connectivity index (χ3v) is 8.57. The highest BCUT2D eigenvalue weighted by molar-refractivity contribution is 6.31. The van der Waals surface area contributed by atoms with Crippen LogP contribution in [0.3, 0.4) is 0 Å². The molecule has 1 unspecified atom stereocenters. The number of H-pyrrole nitrogens is 1. The zero-order valence-corrected chi connectivity index (χ0v) is 27.3. The number of hydrogen-bond donors (Lipinski definition) is 2. The Morgan fingerprint density at radius 2 is 1.59 bits per heavy atom. The quantitative estimate of drug-likeness (QED) is 0.164. The van der Waals surface area contributed by atoms with Gasteiger partial charge < -0.3 is 15.2 Å². The van der Waals surface area contributed by atoms with Crippen molar-refractivity contribution in [3.8, 4) is 5.69 Å². The minimum absolute atomic E-state index is 0.154. The summed E-state index contributed by atoms with van der Waals surface area (Å²) >= 11 is 12.7. The molecule has 46 heavy (non-hydrogen) atoms. The van der Waals surface area contributed by atoms with Crippen LogP contribution >= 0.6 is 23.2 Å². The summed E-state index contributed by atoms with van der Waals surface area (Å²) in [7, 11) is 0. The van der Waals surface area contributed by atoms with E-state index in [9.17, 15) is 4.79 Å². The van der Waals surface area contributed by atoms with Crippen LogP contribution in [-0.4, -0.2) is 25.6 Å². The van der Waals surface area contributed by atoms with Crippen LogP contribution < -0.4 is 5.32 Å². The number of amides is 1. The van der Waals surface area contributed by atoms with Crippen LogP contribution in [0.4, 0.5) is 5.82 Å². The average molecular weight is 647 g/mol. The van der Waals surface area contributed by atoms with Crippen molar-refractivity contribution in [1.29, 1.82) is 0 Å². The minimum atomic E-state index is -0.319. The van der Waals surface area contributed by atoms with Gasteiger partial charge in [0.05, 0.1) is 23.1 Å². The van der Waals surface area contributed by atoms with Gasteiger partial charge in [-0.1, -0.05) is 96.5 Å². The maximum atomic E-state index is 14.4. The van der Waals surface area contributed by atoms with Gasteiger partial charge in [-0.3, -0.25) is 4.79 Å². The molecule has 0 saturated heterocycles. The molecule has 0 aliphatic rings. The van der Waals surface area contributed by atoms with Crippen LogP contribution in [0.1, 0.15) is 52.8 Å². The number of nitrogens with zero attached hydrogens (tertiary/aromatic N) is 3. The van der Waals surface area contributed by atoms with Crippen molar-refractivity contribution in [1.82, 2.24) is 19.7 Å². The lowest BCUT2D eigenvalue weighted by atomic mass is 9.95. The van der Waals surface area contributed by atoms with E-state index in [0.29, 0.717) is 21.6 Å². The van der Waals surface area contributed by atoms with Gasteiger partial charge in [-0.25, -0.2) is 4.68 Å². The van der Waals surface area contributed by atoms with E-state index < -0.39 is 0 Å². The summed E-state index contributed by atoms with van der Waals surface area (Å²) in [6.45, 7) is 10.3. The van der Waals surface area contributed by atoms with Crippen LogP contribution in [0.2, 0.25) is 10.0 Å². The van der Waals surface area contributed by atoms with E-state index in [2.05, 4.69) is 52.9 Å². The van der Waals surface area contributed by atoms with Gasteiger partial charge in [0.15, 0.2) is 0 Å². The third kappa shape index (κ3) is 6.10. The molecule has 1 amide bonds. The van der Waals surface area contributed by atoms with Crippen LogP contribution in [0.15, 0.2) is 122 Å². The number of allylic oxidation sites excluding steroid dienone is 1. The molecule has 2 N–H and O–H groups in total. The number of halogens is 2. The van der Waals surface area contributed by atoms with Gasteiger partial charge in [-0.2, -0.15) is 5.10 Å². The topological polar surface area (TPSA) is 66.0 Å². The SMILES string of the molecule is C=CN(/C(=C(\C)c1ccccc1)c1c(C(=O)Nc2cc(C)nn2-c2ccccc2)[nH]c2cc(Cl)ccc12)C(C)c1ccc(Cl)cc1. The molecule has 6 aromatic rings. The summed E-state index contributed by atoms with van der Waals surface area (Å²) < 4.78 is 1.73. The fraction of sp³-hybridized carbons (Fsp3) is 0.105. The van der Waals surface area contributed by atoms with Crippen molar-refractivity contribution < 1.29 is 4.79 Å². The molecular formula is C38H33Cl2N5O. The van der Waals surface area contributed by atoms with Gasteiger partial charge in [-0.05, 0) is 80.1 Å². The molecule has 0 radical (unpaired) electrons. The number of rotatable bonds is 9. The van der Waals surface area contributed by atoms with Crippen molar-refractivity contribution >= 4 is 57.1 Å². The second-order valence-corrected chi connectivity index (χ2v) is 12.0. The van der Waals surface area contributed by atoms with Crippen molar-refractivity contribution in [3.05, 3.63) is 160 Å². The fourth-order valence-electron chi connectivity index (χ4n) is 5.80. The molecular weight excluding hydrogens is 613 g/mol. The Hall–Kier alpha value is -5.04. The number of fused-ring (bicyclic) bond motifs is 1. The van der Waals surface area contributed by atoms with Crippen molar-refractivity contribution in [2.24, 2.45) is 0 Å². The maximum absolute atomic E-state index is 14.4. The Kier molecular flexibility index (Phi) is 8.84. The summed E-state index contributed by atoms with van der Waals surface area (Å²) in [5, 5.41) is 9.85. The smallest absolute Gasteiger partial charge is 0.273 e. The molecule has 0 aliphatic heterocycles. The zero-order valence-electron chi connectivity index (χ0n) is 25.8. The Labute approximate surface area is 278 Å². The number of carbonyl (C=O) groups excluding carboxylic acids is 1. The van der Waals surface area contributed by atoms with E-state index in [1.165, 1.54) is 0 Å². The predicted molar refractivity (Wildman–Crippen MR) is 190 cm³/mol. The first-order valence-corrected chi connectivity index (χ1v) is 15.7. The van der Waals surface area contributed by atoms with Gasteiger partial charge in [0, 0.05) is 32.6 Å². The maximum Gasteiger partial charge on any atom is 0.273 e. The summed E-state index contributed by atoms with van der Waals surface area (Å²) in [6, 6.07) is 35.0. The summed E-state index contributed by atoms with van der Waals surface area (Å²) in [6.07, 6.45) is 1.81. The molecule has 2 heterocycles. The molecule has 8 heteroatoms. The molecule has 0 spiro atoms. The number of para-hydroxylation sites is 1. The molecule has 0 saturated carbocycles. The standard InChI is InChI=1S/C38H33Cl2N5O/c1-5-44(26(4)28-16-18-29(39)19-17-28)37(25(3)27-12-8-6-9-13-27)35-32-21-20-30(40)23-33(32)41-36(35)38(46)42-34-22-24(2)43-45(34)31-14-10-7-11-15-31/h5-23,26,41H,1H2,2-4H3,(H,42,46)/b37-25+. The number of aromatic amines is 1. The van der Waals surface area contributed by atoms with Crippen LogP contribution in [0.5, 0.6) is 0 Å². The van der Waals surface area contributed by atoms with E-state index >= 15 is 0 Å². The minimum Gasteiger partial charge on any atom is -0.350 e. The molecule has 230 valence electrons. The van der Waals surface area contributed by atoms with Gasteiger partial charge in [0.25, 0.3) is 5.91 Å². The predicted octanol–water partition coefficient (Wildman–Crippen LogP) is 10.3. The molecule has 6 nitrogen and oxygen atoms in total. The second kappa shape index (κ2) is 13.1. The number of anilines is 1. The Morgan fingerprint density at radius 3 is 2.26 bits per heavy atom. The van der Waals surface area contributed by atoms with E-state index in [4.69, 9.17) is 23.2 Å². The largest absolute Gasteiger partial charge is 0.350 e. The number of nitrogens with one attached hydrogen (secondary N) is 2. The van der Waals surface area contributed by atoms with Crippen LogP contribution in [0.25, 0.3) is 27.9 Å². The zero-order chi connectivity index (χ0) is 32.4. The lowest BCUT2D eigenvalue weighted by molar-refractivity contribution is 0.102. The number of hydrogen-bond acceptors (Lipinski definition) is 3. The lowest BCUT2D eigenvalue weighted by Crippen LogP contribution is -2.23. The first kappa shape index (κ1) is 31.0. The van der Waals surface area contributed by atoms with E-state index in [0.717, 1.165) is 50.2 Å². The van der Waals surface area contributed by atoms with Crippen molar-refractivity contribution in [3.63, 3.8) is 0 Å². The summed E-state index contributed by atoms with van der Waals surface area (Å²) in [4.78, 5) is 19.9. The molecule has 1 atom stereocenters. The second-order valence-electron chi connectivity index (χ2n) is 11.1. The summed E-state index contributed by atoms with van der Waals surface area (Å²) in [5.74, 6) is 0.234. The molecule has 4 aromatic carbocycles. The van der Waals surface area contributed by atoms with Crippen molar-refractivity contribution in [2.45, 2.75) is 26.8 Å². The Balaban J connectivity index is 1.56. The lowest BCUT2D eigenvalue weighted by Gasteiger charge is -2.32. The summed E-state index contributed by atoms with van der Waals surface area (Å²) in [5.41, 5.74) is 7.32. The molecule has 0 bridgehead atoms. The monoisotopic (exact) mass is 645 g/mol. The Bertz CT molecular complexity index is 2060. The van der Waals surface area contributed by atoms with Gasteiger partial charge in [-0.15, -0.1) is 0 Å². The van der Waals surface area contributed by atoms with E-state index in [1.807, 2.05) is 110 Å². The van der Waals surface area contributed by atoms with E-state index in [1.54, 1.807) is 4.68 Å². The Morgan fingerprint density at radius 1 is 0.935 bits per heavy atom. The highest BCUT2D eigenvalue weighted by Crippen LogP contribution is 2.41. The number of benzene rings is 4. The number of carbonyl (C=O) groups is 1. The highest BCUT2D eigenvalue weighted by Gasteiger charge is 2.29. The normalized spacial score (nSPS) is 12.5. The third-order valence-electron chi connectivity index (χ3n) is 8.08. The number of aryl methyl sites for hydroxylation is 1. The molecule has 0 aliphatic carbocycles. The van der Waals surface area contributed by atoms with E-state index in [-0.39, 0.29) is 11.9 Å². The van der Waals surface area contributed by atoms with Crippen LogP contribution in [-0.2, 0) is 0 Å². The molecule has 6 rings (SSSR count). The highest BCUT2D eigenvalue weighted by atomic mass is 35.5. The first-order chi connectivity index (χ1) is 22.2. The van der Waals surface area contributed by atoms with Gasteiger partial charge in [0.2, 0.25) is 0 Å². The molecule has 2 aromatic heterocycles. The molecule has 0 fully saturated rings. The van der Waals surface area contributed by atoms with Gasteiger partial charge in [0.1, 0.15) is 11.5 Å². The van der Waals surface area contributed by atoms with Crippen molar-refractivity contribution in [2.75, 3.05) is 5.32 Å². The van der Waals surface area contributed by atoms with Gasteiger partial charge >= 0.3 is 0 Å².